The molecule has 1 aromatic heterocycles. The van der Waals surface area contributed by atoms with Crippen molar-refractivity contribution < 1.29 is 23.7 Å². The van der Waals surface area contributed by atoms with Crippen LogP contribution >= 0.6 is 11.3 Å². The van der Waals surface area contributed by atoms with Crippen molar-refractivity contribution in [1.29, 1.82) is 0 Å². The predicted molar refractivity (Wildman–Crippen MR) is 100 cm³/mol. The van der Waals surface area contributed by atoms with Crippen molar-refractivity contribution in [1.82, 2.24) is 4.98 Å². The first-order chi connectivity index (χ1) is 13.2. The molecule has 8 heteroatoms. The zero-order valence-electron chi connectivity index (χ0n) is 14.5. The standard InChI is InChI=1S/C19H16N2O5S/c1-23-14-3-2-4-16-17(14)20-19(27-16)21-8-12(9-21)26-18(22)11-5-6-13-15(7-11)25-10-24-13/h2-7,12H,8-10H2,1H3. The van der Waals surface area contributed by atoms with E-state index in [9.17, 15) is 4.79 Å². The van der Waals surface area contributed by atoms with E-state index in [-0.39, 0.29) is 18.9 Å². The molecule has 1 fully saturated rings. The molecule has 2 aliphatic heterocycles. The average molecular weight is 384 g/mol. The highest BCUT2D eigenvalue weighted by Gasteiger charge is 2.33. The molecule has 0 aliphatic carbocycles. The summed E-state index contributed by atoms with van der Waals surface area (Å²) in [5.74, 6) is 1.63. The predicted octanol–water partition coefficient (Wildman–Crippen LogP) is 3.08. The molecule has 0 unspecified atom stereocenters. The fourth-order valence-electron chi connectivity index (χ4n) is 3.12. The van der Waals surface area contributed by atoms with E-state index in [0.717, 1.165) is 21.1 Å². The van der Waals surface area contributed by atoms with Crippen molar-refractivity contribution in [3.63, 3.8) is 0 Å². The molecule has 2 aliphatic rings. The molecule has 0 atom stereocenters. The molecule has 2 aromatic carbocycles. The van der Waals surface area contributed by atoms with Crippen molar-refractivity contribution >= 4 is 32.7 Å². The van der Waals surface area contributed by atoms with Crippen molar-refractivity contribution in [2.75, 3.05) is 31.9 Å². The first kappa shape index (κ1) is 16.2. The van der Waals surface area contributed by atoms with E-state index >= 15 is 0 Å². The fourth-order valence-corrected chi connectivity index (χ4v) is 4.12. The van der Waals surface area contributed by atoms with Gasteiger partial charge < -0.3 is 23.8 Å². The minimum atomic E-state index is -0.357. The summed E-state index contributed by atoms with van der Waals surface area (Å²) in [6.45, 7) is 1.43. The van der Waals surface area contributed by atoms with Crippen LogP contribution in [0.4, 0.5) is 5.13 Å². The minimum Gasteiger partial charge on any atom is -0.494 e. The zero-order valence-corrected chi connectivity index (χ0v) is 15.3. The third-order valence-electron chi connectivity index (χ3n) is 4.59. The Bertz CT molecular complexity index is 1030. The molecule has 0 radical (unpaired) electrons. The van der Waals surface area contributed by atoms with E-state index in [1.807, 2.05) is 18.2 Å². The van der Waals surface area contributed by atoms with E-state index in [0.29, 0.717) is 30.2 Å². The molecule has 5 rings (SSSR count). The Kier molecular flexibility index (Phi) is 3.78. The lowest BCUT2D eigenvalue weighted by molar-refractivity contribution is 0.0234. The molecule has 1 saturated heterocycles. The van der Waals surface area contributed by atoms with Crippen molar-refractivity contribution in [2.45, 2.75) is 6.10 Å². The number of rotatable bonds is 4. The molecule has 0 spiro atoms. The van der Waals surface area contributed by atoms with Gasteiger partial charge in [-0.05, 0) is 30.3 Å². The van der Waals surface area contributed by atoms with E-state index in [4.69, 9.17) is 18.9 Å². The lowest BCUT2D eigenvalue weighted by Gasteiger charge is -2.38. The van der Waals surface area contributed by atoms with Crippen LogP contribution in [0.1, 0.15) is 10.4 Å². The van der Waals surface area contributed by atoms with Crippen LogP contribution in [0, 0.1) is 0 Å². The number of carbonyl (C=O) groups excluding carboxylic acids is 1. The summed E-state index contributed by atoms with van der Waals surface area (Å²) in [6, 6.07) is 10.9. The Morgan fingerprint density at radius 3 is 2.93 bits per heavy atom. The van der Waals surface area contributed by atoms with E-state index in [1.54, 1.807) is 36.6 Å². The summed E-state index contributed by atoms with van der Waals surface area (Å²) in [4.78, 5) is 19.1. The van der Waals surface area contributed by atoms with Gasteiger partial charge in [-0.1, -0.05) is 17.4 Å². The van der Waals surface area contributed by atoms with Crippen LogP contribution in [0.15, 0.2) is 36.4 Å². The molecule has 3 aromatic rings. The maximum atomic E-state index is 12.3. The van der Waals surface area contributed by atoms with Gasteiger partial charge in [0.15, 0.2) is 16.6 Å². The van der Waals surface area contributed by atoms with Gasteiger partial charge in [-0.15, -0.1) is 0 Å². The van der Waals surface area contributed by atoms with Crippen LogP contribution in [-0.2, 0) is 4.74 Å². The van der Waals surface area contributed by atoms with Gasteiger partial charge in [-0.2, -0.15) is 0 Å². The molecule has 138 valence electrons. The average Bonchev–Trinajstić information content (AvgIpc) is 3.29. The molecular weight excluding hydrogens is 368 g/mol. The summed E-state index contributed by atoms with van der Waals surface area (Å²) >= 11 is 1.61. The van der Waals surface area contributed by atoms with Crippen LogP contribution < -0.4 is 19.1 Å². The summed E-state index contributed by atoms with van der Waals surface area (Å²) in [5, 5.41) is 0.907. The van der Waals surface area contributed by atoms with Gasteiger partial charge in [-0.25, -0.2) is 9.78 Å². The van der Waals surface area contributed by atoms with Gasteiger partial charge in [0.25, 0.3) is 0 Å². The monoisotopic (exact) mass is 384 g/mol. The second-order valence-corrected chi connectivity index (χ2v) is 7.31. The Balaban J connectivity index is 1.24. The number of fused-ring (bicyclic) bond motifs is 2. The Morgan fingerprint density at radius 2 is 2.07 bits per heavy atom. The molecule has 3 heterocycles. The quantitative estimate of drug-likeness (QED) is 0.640. The topological polar surface area (TPSA) is 70.1 Å². The number of hydrogen-bond donors (Lipinski definition) is 0. The molecule has 7 nitrogen and oxygen atoms in total. The van der Waals surface area contributed by atoms with E-state index in [1.165, 1.54) is 0 Å². The maximum absolute atomic E-state index is 12.3. The summed E-state index contributed by atoms with van der Waals surface area (Å²) in [6.07, 6.45) is -0.156. The minimum absolute atomic E-state index is 0.156. The molecule has 0 saturated carbocycles. The third kappa shape index (κ3) is 2.82. The number of esters is 1. The van der Waals surface area contributed by atoms with Crippen LogP contribution in [0.25, 0.3) is 10.2 Å². The summed E-state index contributed by atoms with van der Waals surface area (Å²) < 4.78 is 22.6. The van der Waals surface area contributed by atoms with Crippen LogP contribution in [0.2, 0.25) is 0 Å². The van der Waals surface area contributed by atoms with E-state index < -0.39 is 0 Å². The number of para-hydroxylation sites is 1. The number of carbonyl (C=O) groups is 1. The number of hydrogen-bond acceptors (Lipinski definition) is 8. The molecule has 0 amide bonds. The molecule has 0 bridgehead atoms. The number of anilines is 1. The van der Waals surface area contributed by atoms with Gasteiger partial charge in [0.2, 0.25) is 6.79 Å². The van der Waals surface area contributed by atoms with Gasteiger partial charge >= 0.3 is 5.97 Å². The fraction of sp³-hybridized carbons (Fsp3) is 0.263. The van der Waals surface area contributed by atoms with Crippen molar-refractivity contribution in [3.8, 4) is 17.2 Å². The first-order valence-corrected chi connectivity index (χ1v) is 9.32. The van der Waals surface area contributed by atoms with Crippen molar-refractivity contribution in [2.24, 2.45) is 0 Å². The summed E-state index contributed by atoms with van der Waals surface area (Å²) in [5.41, 5.74) is 1.32. The number of methoxy groups -OCH3 is 1. The maximum Gasteiger partial charge on any atom is 0.338 e. The number of ether oxygens (including phenoxy) is 4. The van der Waals surface area contributed by atoms with Crippen LogP contribution in [0.3, 0.4) is 0 Å². The van der Waals surface area contributed by atoms with Crippen molar-refractivity contribution in [3.05, 3.63) is 42.0 Å². The van der Waals surface area contributed by atoms with Crippen LogP contribution in [-0.4, -0.2) is 44.0 Å². The second-order valence-electron chi connectivity index (χ2n) is 6.30. The third-order valence-corrected chi connectivity index (χ3v) is 5.67. The first-order valence-electron chi connectivity index (χ1n) is 8.50. The van der Waals surface area contributed by atoms with E-state index in [2.05, 4.69) is 9.88 Å². The van der Waals surface area contributed by atoms with Crippen LogP contribution in [0.5, 0.6) is 17.2 Å². The smallest absolute Gasteiger partial charge is 0.338 e. The van der Waals surface area contributed by atoms with Gasteiger partial charge in [0.05, 0.1) is 30.5 Å². The van der Waals surface area contributed by atoms with Gasteiger partial charge in [-0.3, -0.25) is 0 Å². The lowest BCUT2D eigenvalue weighted by atomic mass is 10.1. The lowest BCUT2D eigenvalue weighted by Crippen LogP contribution is -2.53. The molecule has 0 N–H and O–H groups in total. The Hall–Kier alpha value is -3.00. The molecular formula is C19H16N2O5S. The molecule has 27 heavy (non-hydrogen) atoms. The normalized spacial score (nSPS) is 15.7. The highest BCUT2D eigenvalue weighted by Crippen LogP contribution is 2.36. The highest BCUT2D eigenvalue weighted by molar-refractivity contribution is 7.22. The zero-order chi connectivity index (χ0) is 18.4. The number of benzene rings is 2. The highest BCUT2D eigenvalue weighted by atomic mass is 32.1. The van der Waals surface area contributed by atoms with Gasteiger partial charge in [0, 0.05) is 0 Å². The number of aromatic nitrogens is 1. The summed E-state index contributed by atoms with van der Waals surface area (Å²) in [7, 11) is 1.64. The largest absolute Gasteiger partial charge is 0.494 e. The second kappa shape index (κ2) is 6.31. The number of nitrogens with zero attached hydrogens (tertiary/aromatic N) is 2. The Morgan fingerprint density at radius 1 is 1.22 bits per heavy atom. The number of thiazole rings is 1. The SMILES string of the molecule is COc1cccc2sc(N3CC(OC(=O)c4ccc5c(c4)OCO5)C3)nc12. The van der Waals surface area contributed by atoms with Gasteiger partial charge in [0.1, 0.15) is 17.4 Å². The Labute approximate surface area is 159 Å².